The first-order chi connectivity index (χ1) is 12.4. The van der Waals surface area contributed by atoms with Crippen molar-refractivity contribution < 1.29 is 14.3 Å². The summed E-state index contributed by atoms with van der Waals surface area (Å²) in [5.74, 6) is 0.291. The molecule has 9 heteroatoms. The summed E-state index contributed by atoms with van der Waals surface area (Å²) in [6, 6.07) is 8.14. The van der Waals surface area contributed by atoms with Crippen molar-refractivity contribution in [2.24, 2.45) is 0 Å². The summed E-state index contributed by atoms with van der Waals surface area (Å²) in [6.07, 6.45) is 1.44. The molecule has 1 heterocycles. The number of hydrogen-bond acceptors (Lipinski definition) is 5. The lowest BCUT2D eigenvalue weighted by Crippen LogP contribution is -2.36. The van der Waals surface area contributed by atoms with Crippen LogP contribution in [0.3, 0.4) is 0 Å². The van der Waals surface area contributed by atoms with E-state index in [0.717, 1.165) is 0 Å². The van der Waals surface area contributed by atoms with Gasteiger partial charge in [-0.2, -0.15) is 0 Å². The van der Waals surface area contributed by atoms with Crippen LogP contribution in [0.4, 0.5) is 11.5 Å². The third-order valence-corrected chi connectivity index (χ3v) is 3.72. The van der Waals surface area contributed by atoms with Crippen LogP contribution >= 0.6 is 23.2 Å². The zero-order valence-corrected chi connectivity index (χ0v) is 15.8. The van der Waals surface area contributed by atoms with Gasteiger partial charge in [-0.1, -0.05) is 23.2 Å². The van der Waals surface area contributed by atoms with Gasteiger partial charge < -0.3 is 15.4 Å². The number of pyridine rings is 1. The summed E-state index contributed by atoms with van der Waals surface area (Å²) in [5.41, 5.74) is 0.466. The number of methoxy groups -OCH3 is 1. The van der Waals surface area contributed by atoms with Gasteiger partial charge in [-0.3, -0.25) is 14.5 Å². The highest BCUT2D eigenvalue weighted by atomic mass is 35.5. The van der Waals surface area contributed by atoms with Crippen LogP contribution in [0.2, 0.25) is 10.0 Å². The van der Waals surface area contributed by atoms with Crippen LogP contribution in [0.5, 0.6) is 5.75 Å². The number of nitrogens with zero attached hydrogens (tertiary/aromatic N) is 2. The maximum atomic E-state index is 12.2. The SMILES string of the molecule is COc1ccc(Cl)cc1NC(=O)CN(C)CC(=O)Nc1ccc(Cl)cn1. The molecular weight excluding hydrogens is 379 g/mol. The second-order valence-corrected chi connectivity index (χ2v) is 6.35. The van der Waals surface area contributed by atoms with Crippen molar-refractivity contribution >= 4 is 46.5 Å². The number of halogens is 2. The molecule has 1 aromatic carbocycles. The number of anilines is 2. The van der Waals surface area contributed by atoms with Crippen molar-refractivity contribution in [1.29, 1.82) is 0 Å². The minimum atomic E-state index is -0.300. The van der Waals surface area contributed by atoms with Crippen LogP contribution < -0.4 is 15.4 Å². The van der Waals surface area contributed by atoms with Crippen molar-refractivity contribution in [2.75, 3.05) is 37.9 Å². The Bertz CT molecular complexity index is 784. The molecule has 0 saturated heterocycles. The highest BCUT2D eigenvalue weighted by Crippen LogP contribution is 2.27. The third kappa shape index (κ3) is 6.18. The van der Waals surface area contributed by atoms with Gasteiger partial charge in [0, 0.05) is 11.2 Å². The molecule has 2 N–H and O–H groups in total. The van der Waals surface area contributed by atoms with Crippen molar-refractivity contribution in [2.45, 2.75) is 0 Å². The van der Waals surface area contributed by atoms with Gasteiger partial charge in [0.15, 0.2) is 0 Å². The number of aromatic nitrogens is 1. The molecule has 0 aliphatic carbocycles. The molecule has 0 bridgehead atoms. The minimum absolute atomic E-state index is 0.0110. The molecule has 2 rings (SSSR count). The largest absolute Gasteiger partial charge is 0.495 e. The number of carbonyl (C=O) groups excluding carboxylic acids is 2. The number of ether oxygens (including phenoxy) is 1. The van der Waals surface area contributed by atoms with Gasteiger partial charge in [0.25, 0.3) is 0 Å². The molecule has 2 amide bonds. The van der Waals surface area contributed by atoms with Crippen LogP contribution in [0, 0.1) is 0 Å². The maximum absolute atomic E-state index is 12.2. The highest BCUT2D eigenvalue weighted by Gasteiger charge is 2.13. The molecule has 2 aromatic rings. The van der Waals surface area contributed by atoms with Crippen molar-refractivity contribution in [1.82, 2.24) is 9.88 Å². The second-order valence-electron chi connectivity index (χ2n) is 5.47. The number of likely N-dealkylation sites (N-methyl/N-ethyl adjacent to an activating group) is 1. The van der Waals surface area contributed by atoms with Gasteiger partial charge in [-0.25, -0.2) is 4.98 Å². The predicted octanol–water partition coefficient (Wildman–Crippen LogP) is 2.91. The van der Waals surface area contributed by atoms with Crippen LogP contribution in [0.15, 0.2) is 36.5 Å². The summed E-state index contributed by atoms with van der Waals surface area (Å²) in [7, 11) is 3.16. The molecular formula is C17H18Cl2N4O3. The quantitative estimate of drug-likeness (QED) is 0.751. The fourth-order valence-corrected chi connectivity index (χ4v) is 2.43. The average Bonchev–Trinajstić information content (AvgIpc) is 2.56. The Labute approximate surface area is 161 Å². The lowest BCUT2D eigenvalue weighted by Gasteiger charge is -2.16. The smallest absolute Gasteiger partial charge is 0.239 e. The molecule has 0 aliphatic heterocycles. The molecule has 0 aliphatic rings. The fourth-order valence-electron chi connectivity index (χ4n) is 2.15. The van der Waals surface area contributed by atoms with Crippen molar-refractivity contribution in [3.05, 3.63) is 46.6 Å². The van der Waals surface area contributed by atoms with Gasteiger partial charge in [0.05, 0.1) is 30.9 Å². The fraction of sp³-hybridized carbons (Fsp3) is 0.235. The Balaban J connectivity index is 1.86. The first-order valence-electron chi connectivity index (χ1n) is 7.60. The van der Waals surface area contributed by atoms with Gasteiger partial charge >= 0.3 is 0 Å². The first kappa shape index (κ1) is 20.0. The number of nitrogens with one attached hydrogen (secondary N) is 2. The van der Waals surface area contributed by atoms with Gasteiger partial charge in [0.2, 0.25) is 11.8 Å². The Morgan fingerprint density at radius 3 is 2.35 bits per heavy atom. The molecule has 7 nitrogen and oxygen atoms in total. The van der Waals surface area contributed by atoms with Crippen LogP contribution in [0.25, 0.3) is 0 Å². The Hall–Kier alpha value is -2.35. The molecule has 1 aromatic heterocycles. The van der Waals surface area contributed by atoms with E-state index in [1.165, 1.54) is 13.3 Å². The predicted molar refractivity (Wildman–Crippen MR) is 102 cm³/mol. The Morgan fingerprint density at radius 1 is 1.08 bits per heavy atom. The zero-order valence-electron chi connectivity index (χ0n) is 14.3. The first-order valence-corrected chi connectivity index (χ1v) is 8.36. The zero-order chi connectivity index (χ0) is 19.1. The van der Waals surface area contributed by atoms with E-state index in [0.29, 0.717) is 27.3 Å². The molecule has 138 valence electrons. The lowest BCUT2D eigenvalue weighted by atomic mass is 10.3. The van der Waals surface area contributed by atoms with E-state index in [1.807, 2.05) is 0 Å². The second kappa shape index (κ2) is 9.38. The monoisotopic (exact) mass is 396 g/mol. The van der Waals surface area contributed by atoms with Gasteiger partial charge in [-0.05, 0) is 37.4 Å². The molecule has 0 atom stereocenters. The molecule has 0 fully saturated rings. The Morgan fingerprint density at radius 2 is 1.73 bits per heavy atom. The maximum Gasteiger partial charge on any atom is 0.239 e. The number of carbonyl (C=O) groups is 2. The van der Waals surface area contributed by atoms with E-state index in [2.05, 4.69) is 15.6 Å². The molecule has 0 unspecified atom stereocenters. The van der Waals surface area contributed by atoms with Gasteiger partial charge in [-0.15, -0.1) is 0 Å². The summed E-state index contributed by atoms with van der Waals surface area (Å²) in [6.45, 7) is 0.0293. The van der Waals surface area contributed by atoms with E-state index >= 15 is 0 Å². The lowest BCUT2D eigenvalue weighted by molar-refractivity contribution is -0.119. The van der Waals surface area contributed by atoms with Crippen molar-refractivity contribution in [3.8, 4) is 5.75 Å². The summed E-state index contributed by atoms with van der Waals surface area (Å²) < 4.78 is 5.18. The number of benzene rings is 1. The van der Waals surface area contributed by atoms with Gasteiger partial charge in [0.1, 0.15) is 11.6 Å². The molecule has 0 saturated carbocycles. The third-order valence-electron chi connectivity index (χ3n) is 3.26. The highest BCUT2D eigenvalue weighted by molar-refractivity contribution is 6.31. The summed E-state index contributed by atoms with van der Waals surface area (Å²) in [5, 5.41) is 6.30. The van der Waals surface area contributed by atoms with E-state index in [1.54, 1.807) is 42.3 Å². The van der Waals surface area contributed by atoms with E-state index in [-0.39, 0.29) is 24.9 Å². The molecule has 0 spiro atoms. The summed E-state index contributed by atoms with van der Waals surface area (Å²) >= 11 is 11.7. The average molecular weight is 397 g/mol. The van der Waals surface area contributed by atoms with Crippen LogP contribution in [-0.2, 0) is 9.59 Å². The number of rotatable bonds is 7. The van der Waals surface area contributed by atoms with Crippen LogP contribution in [0.1, 0.15) is 0 Å². The number of amides is 2. The molecule has 0 radical (unpaired) electrons. The van der Waals surface area contributed by atoms with E-state index < -0.39 is 0 Å². The van der Waals surface area contributed by atoms with E-state index in [4.69, 9.17) is 27.9 Å². The minimum Gasteiger partial charge on any atom is -0.495 e. The molecule has 26 heavy (non-hydrogen) atoms. The standard InChI is InChI=1S/C17H18Cl2N4O3/c1-23(10-17(25)22-15-6-4-12(19)8-20-15)9-16(24)21-13-7-11(18)3-5-14(13)26-2/h3-8H,9-10H2,1-2H3,(H,21,24)(H,20,22,25). The van der Waals surface area contributed by atoms with E-state index in [9.17, 15) is 9.59 Å². The number of hydrogen-bond donors (Lipinski definition) is 2. The topological polar surface area (TPSA) is 83.6 Å². The Kier molecular flexibility index (Phi) is 7.20. The summed E-state index contributed by atoms with van der Waals surface area (Å²) in [4.78, 5) is 29.7. The van der Waals surface area contributed by atoms with Crippen molar-refractivity contribution in [3.63, 3.8) is 0 Å². The normalized spacial score (nSPS) is 10.5. The van der Waals surface area contributed by atoms with Crippen LogP contribution in [-0.4, -0.2) is 48.9 Å².